The Kier molecular flexibility index (Phi) is 5.79. The highest BCUT2D eigenvalue weighted by molar-refractivity contribution is 5.79. The van der Waals surface area contributed by atoms with Crippen molar-refractivity contribution < 1.29 is 4.79 Å². The molecule has 2 heterocycles. The Balaban J connectivity index is 1.85. The van der Waals surface area contributed by atoms with E-state index in [9.17, 15) is 4.79 Å². The number of carbonyl (C=O) groups excluding carboxylic acids is 1. The van der Waals surface area contributed by atoms with Crippen LogP contribution in [-0.2, 0) is 18.4 Å². The molecule has 0 aliphatic carbocycles. The lowest BCUT2D eigenvalue weighted by atomic mass is 9.96. The van der Waals surface area contributed by atoms with Crippen molar-refractivity contribution in [1.82, 2.24) is 19.8 Å². The zero-order chi connectivity index (χ0) is 15.2. The molecule has 2 rings (SSSR count). The van der Waals surface area contributed by atoms with Crippen LogP contribution in [-0.4, -0.2) is 39.5 Å². The molecule has 21 heavy (non-hydrogen) atoms. The molecule has 1 aliphatic rings. The van der Waals surface area contributed by atoms with Crippen LogP contribution in [0.25, 0.3) is 0 Å². The number of rotatable bonds is 6. The van der Waals surface area contributed by atoms with Crippen LogP contribution in [0.5, 0.6) is 0 Å². The molecule has 5 nitrogen and oxygen atoms in total. The second kappa shape index (κ2) is 7.59. The number of aromatic nitrogens is 2. The number of aryl methyl sites for hydroxylation is 1. The molecule has 0 spiro atoms. The Hall–Kier alpha value is -1.36. The van der Waals surface area contributed by atoms with Gasteiger partial charge in [-0.3, -0.25) is 9.69 Å². The third-order valence-corrected chi connectivity index (χ3v) is 4.29. The first-order chi connectivity index (χ1) is 10.1. The van der Waals surface area contributed by atoms with Gasteiger partial charge in [0.2, 0.25) is 5.91 Å². The minimum atomic E-state index is 0.131. The van der Waals surface area contributed by atoms with Crippen molar-refractivity contribution >= 4 is 5.91 Å². The summed E-state index contributed by atoms with van der Waals surface area (Å²) in [4.78, 5) is 18.9. The molecule has 1 amide bonds. The number of likely N-dealkylation sites (tertiary alicyclic amines) is 1. The summed E-state index contributed by atoms with van der Waals surface area (Å²) in [6.07, 6.45) is 8.00. The van der Waals surface area contributed by atoms with Gasteiger partial charge in [-0.1, -0.05) is 13.3 Å². The summed E-state index contributed by atoms with van der Waals surface area (Å²) in [7, 11) is 2.02. The van der Waals surface area contributed by atoms with Gasteiger partial charge in [0.15, 0.2) is 0 Å². The predicted octanol–water partition coefficient (Wildman–Crippen LogP) is 1.94. The van der Waals surface area contributed by atoms with Gasteiger partial charge in [0, 0.05) is 32.4 Å². The van der Waals surface area contributed by atoms with E-state index >= 15 is 0 Å². The van der Waals surface area contributed by atoms with Crippen molar-refractivity contribution in [2.75, 3.05) is 13.1 Å². The molecule has 1 fully saturated rings. The van der Waals surface area contributed by atoms with Gasteiger partial charge in [-0.05, 0) is 32.7 Å². The van der Waals surface area contributed by atoms with Gasteiger partial charge in [-0.25, -0.2) is 4.98 Å². The standard InChI is InChI=1S/C16H28N4O/c1-4-6-13(2)18-16(21)14-7-5-8-20(10-14)11-15-9-17-12-19(15)3/h9,12-14H,4-8,10-11H2,1-3H3,(H,18,21). The van der Waals surface area contributed by atoms with Crippen LogP contribution in [0.15, 0.2) is 12.5 Å². The van der Waals surface area contributed by atoms with Gasteiger partial charge in [0.05, 0.1) is 17.9 Å². The van der Waals surface area contributed by atoms with E-state index < -0.39 is 0 Å². The van der Waals surface area contributed by atoms with E-state index in [4.69, 9.17) is 0 Å². The number of hydrogen-bond acceptors (Lipinski definition) is 3. The lowest BCUT2D eigenvalue weighted by Crippen LogP contribution is -2.45. The summed E-state index contributed by atoms with van der Waals surface area (Å²) in [5.74, 6) is 0.358. The number of piperidine rings is 1. The van der Waals surface area contributed by atoms with Crippen molar-refractivity contribution in [3.8, 4) is 0 Å². The number of imidazole rings is 1. The summed E-state index contributed by atoms with van der Waals surface area (Å²) in [6, 6.07) is 0.287. The predicted molar refractivity (Wildman–Crippen MR) is 83.7 cm³/mol. The highest BCUT2D eigenvalue weighted by Gasteiger charge is 2.26. The number of amides is 1. The van der Waals surface area contributed by atoms with E-state index in [1.807, 2.05) is 24.1 Å². The van der Waals surface area contributed by atoms with E-state index in [1.54, 1.807) is 0 Å². The van der Waals surface area contributed by atoms with Crippen LogP contribution >= 0.6 is 0 Å². The van der Waals surface area contributed by atoms with Gasteiger partial charge in [0.1, 0.15) is 0 Å². The first-order valence-electron chi connectivity index (χ1n) is 8.08. The monoisotopic (exact) mass is 292 g/mol. The van der Waals surface area contributed by atoms with Crippen LogP contribution in [0.3, 0.4) is 0 Å². The van der Waals surface area contributed by atoms with E-state index in [-0.39, 0.29) is 17.9 Å². The minimum Gasteiger partial charge on any atom is -0.353 e. The minimum absolute atomic E-state index is 0.131. The molecule has 1 aliphatic heterocycles. The fraction of sp³-hybridized carbons (Fsp3) is 0.750. The van der Waals surface area contributed by atoms with E-state index in [2.05, 4.69) is 29.0 Å². The van der Waals surface area contributed by atoms with E-state index in [1.165, 1.54) is 5.69 Å². The topological polar surface area (TPSA) is 50.2 Å². The fourth-order valence-electron chi connectivity index (χ4n) is 3.05. The van der Waals surface area contributed by atoms with Crippen molar-refractivity contribution in [2.45, 2.75) is 52.1 Å². The molecular formula is C16H28N4O. The summed E-state index contributed by atoms with van der Waals surface area (Å²) >= 11 is 0. The summed E-state index contributed by atoms with van der Waals surface area (Å²) in [5, 5.41) is 3.16. The van der Waals surface area contributed by atoms with Crippen molar-refractivity contribution in [3.63, 3.8) is 0 Å². The fourth-order valence-corrected chi connectivity index (χ4v) is 3.05. The number of nitrogens with zero attached hydrogens (tertiary/aromatic N) is 3. The van der Waals surface area contributed by atoms with Gasteiger partial charge >= 0.3 is 0 Å². The van der Waals surface area contributed by atoms with Crippen LogP contribution in [0.2, 0.25) is 0 Å². The number of carbonyl (C=O) groups is 1. The lowest BCUT2D eigenvalue weighted by Gasteiger charge is -2.32. The first-order valence-corrected chi connectivity index (χ1v) is 8.08. The molecule has 1 aromatic heterocycles. The van der Waals surface area contributed by atoms with Crippen LogP contribution < -0.4 is 5.32 Å². The number of hydrogen-bond donors (Lipinski definition) is 1. The number of nitrogens with one attached hydrogen (secondary N) is 1. The second-order valence-electron chi connectivity index (χ2n) is 6.27. The molecule has 2 atom stereocenters. The van der Waals surface area contributed by atoms with Crippen LogP contribution in [0.1, 0.15) is 45.2 Å². The van der Waals surface area contributed by atoms with Gasteiger partial charge in [-0.15, -0.1) is 0 Å². The summed E-state index contributed by atoms with van der Waals surface area (Å²) in [5.41, 5.74) is 1.20. The second-order valence-corrected chi connectivity index (χ2v) is 6.27. The highest BCUT2D eigenvalue weighted by atomic mass is 16.2. The zero-order valence-corrected chi connectivity index (χ0v) is 13.5. The Morgan fingerprint density at radius 1 is 1.57 bits per heavy atom. The molecule has 118 valence electrons. The Bertz CT molecular complexity index is 457. The quantitative estimate of drug-likeness (QED) is 0.871. The Morgan fingerprint density at radius 3 is 3.05 bits per heavy atom. The third-order valence-electron chi connectivity index (χ3n) is 4.29. The average molecular weight is 292 g/mol. The lowest BCUT2D eigenvalue weighted by molar-refractivity contribution is -0.127. The first kappa shape index (κ1) is 16.0. The average Bonchev–Trinajstić information content (AvgIpc) is 2.85. The van der Waals surface area contributed by atoms with E-state index in [0.717, 1.165) is 45.3 Å². The molecule has 2 unspecified atom stereocenters. The Morgan fingerprint density at radius 2 is 2.38 bits per heavy atom. The molecule has 5 heteroatoms. The smallest absolute Gasteiger partial charge is 0.224 e. The molecule has 0 radical (unpaired) electrons. The maximum atomic E-state index is 12.3. The van der Waals surface area contributed by atoms with Gasteiger partial charge < -0.3 is 9.88 Å². The van der Waals surface area contributed by atoms with E-state index in [0.29, 0.717) is 0 Å². The SMILES string of the molecule is CCCC(C)NC(=O)C1CCCN(Cc2cncn2C)C1. The van der Waals surface area contributed by atoms with Crippen molar-refractivity contribution in [2.24, 2.45) is 13.0 Å². The molecule has 1 aromatic rings. The normalized spacial score (nSPS) is 21.2. The van der Waals surface area contributed by atoms with Gasteiger partial charge in [-0.2, -0.15) is 0 Å². The summed E-state index contributed by atoms with van der Waals surface area (Å²) in [6.45, 7) is 7.05. The molecule has 0 aromatic carbocycles. The molecule has 0 bridgehead atoms. The van der Waals surface area contributed by atoms with Gasteiger partial charge in [0.25, 0.3) is 0 Å². The van der Waals surface area contributed by atoms with Crippen molar-refractivity contribution in [1.29, 1.82) is 0 Å². The third kappa shape index (κ3) is 4.56. The Labute approximate surface area is 127 Å². The molecule has 1 N–H and O–H groups in total. The largest absolute Gasteiger partial charge is 0.353 e. The van der Waals surface area contributed by atoms with Crippen molar-refractivity contribution in [3.05, 3.63) is 18.2 Å². The maximum Gasteiger partial charge on any atom is 0.224 e. The zero-order valence-electron chi connectivity index (χ0n) is 13.5. The van der Waals surface area contributed by atoms with Crippen LogP contribution in [0.4, 0.5) is 0 Å². The van der Waals surface area contributed by atoms with Crippen LogP contribution in [0, 0.1) is 5.92 Å². The maximum absolute atomic E-state index is 12.3. The summed E-state index contributed by atoms with van der Waals surface area (Å²) < 4.78 is 2.05. The molecule has 0 saturated carbocycles. The highest BCUT2D eigenvalue weighted by Crippen LogP contribution is 2.19. The molecule has 1 saturated heterocycles. The molecular weight excluding hydrogens is 264 g/mol.